The maximum atomic E-state index is 12.7. The second-order valence-electron chi connectivity index (χ2n) is 11.0. The predicted molar refractivity (Wildman–Crippen MR) is 153 cm³/mol. The molecule has 0 spiro atoms. The molecule has 2 saturated heterocycles. The van der Waals surface area contributed by atoms with Gasteiger partial charge in [-0.05, 0) is 99.6 Å². The van der Waals surface area contributed by atoms with Gasteiger partial charge in [0.25, 0.3) is 0 Å². The number of anilines is 1. The lowest BCUT2D eigenvalue weighted by Gasteiger charge is -2.34. The van der Waals surface area contributed by atoms with Gasteiger partial charge in [-0.15, -0.1) is 0 Å². The molecule has 0 radical (unpaired) electrons. The average molecular weight is 554 g/mol. The molecular formula is C30H34Cl2N4O2. The third-order valence-corrected chi connectivity index (χ3v) is 8.87. The Kier molecular flexibility index (Phi) is 7.39. The van der Waals surface area contributed by atoms with Crippen LogP contribution in [0.15, 0.2) is 48.5 Å². The zero-order valence-electron chi connectivity index (χ0n) is 21.5. The third-order valence-electron chi connectivity index (χ3n) is 8.34. The van der Waals surface area contributed by atoms with Crippen LogP contribution in [0.25, 0.3) is 10.9 Å². The molecule has 2 N–H and O–H groups in total. The molecule has 3 aliphatic rings. The average Bonchev–Trinajstić information content (AvgIpc) is 3.36. The van der Waals surface area contributed by atoms with Crippen molar-refractivity contribution in [3.05, 3.63) is 64.1 Å². The van der Waals surface area contributed by atoms with Crippen LogP contribution < -0.4 is 15.4 Å². The van der Waals surface area contributed by atoms with Crippen LogP contribution in [0.1, 0.15) is 37.7 Å². The van der Waals surface area contributed by atoms with Crippen molar-refractivity contribution in [2.75, 3.05) is 31.1 Å². The number of benzene rings is 2. The summed E-state index contributed by atoms with van der Waals surface area (Å²) in [6, 6.07) is 16.2. The van der Waals surface area contributed by atoms with Gasteiger partial charge in [0.1, 0.15) is 11.6 Å². The molecule has 1 aliphatic carbocycles. The van der Waals surface area contributed by atoms with Crippen molar-refractivity contribution < 1.29 is 9.53 Å². The Morgan fingerprint density at radius 2 is 1.87 bits per heavy atom. The number of hydrogen-bond donors (Lipinski definition) is 1. The summed E-state index contributed by atoms with van der Waals surface area (Å²) in [5.41, 5.74) is 8.10. The minimum absolute atomic E-state index is 0.140. The fraction of sp³-hybridized carbons (Fsp3) is 0.467. The largest absolute Gasteiger partial charge is 0.489 e. The Morgan fingerprint density at radius 1 is 1.05 bits per heavy atom. The Balaban J connectivity index is 1.22. The summed E-state index contributed by atoms with van der Waals surface area (Å²) < 4.78 is 5.92. The Morgan fingerprint density at radius 3 is 2.61 bits per heavy atom. The monoisotopic (exact) mass is 552 g/mol. The van der Waals surface area contributed by atoms with Crippen LogP contribution in [-0.2, 0) is 11.2 Å². The van der Waals surface area contributed by atoms with E-state index in [1.54, 1.807) is 0 Å². The molecule has 3 atom stereocenters. The Bertz CT molecular complexity index is 1320. The molecule has 0 bridgehead atoms. The van der Waals surface area contributed by atoms with Crippen LogP contribution in [0, 0.1) is 11.8 Å². The first kappa shape index (κ1) is 25.7. The van der Waals surface area contributed by atoms with Crippen LogP contribution in [0.3, 0.4) is 0 Å². The third kappa shape index (κ3) is 5.58. The number of primary amides is 1. The minimum Gasteiger partial charge on any atom is -0.489 e. The Hall–Kier alpha value is -2.54. The molecule has 1 aromatic heterocycles. The second kappa shape index (κ2) is 10.9. The fourth-order valence-corrected chi connectivity index (χ4v) is 6.61. The quantitative estimate of drug-likeness (QED) is 0.367. The maximum absolute atomic E-state index is 12.7. The van der Waals surface area contributed by atoms with Crippen molar-refractivity contribution in [3.63, 3.8) is 0 Å². The molecular weight excluding hydrogens is 519 g/mol. The number of pyridine rings is 1. The van der Waals surface area contributed by atoms with Crippen LogP contribution in [0.4, 0.5) is 5.82 Å². The molecule has 2 unspecified atom stereocenters. The SMILES string of the molecule is NC(=O)[C@H]1CN(c2ccc3cc(Cl)ccc3n2)CC1C(CCc1ccc(OC2CC2)c(Cl)c1)N1CCCC1. The number of aromatic nitrogens is 1. The molecule has 1 amide bonds. The van der Waals surface area contributed by atoms with E-state index in [2.05, 4.69) is 21.9 Å². The summed E-state index contributed by atoms with van der Waals surface area (Å²) >= 11 is 12.7. The number of ether oxygens (including phenoxy) is 1. The van der Waals surface area contributed by atoms with Gasteiger partial charge in [-0.1, -0.05) is 29.3 Å². The van der Waals surface area contributed by atoms with Gasteiger partial charge in [-0.3, -0.25) is 4.79 Å². The van der Waals surface area contributed by atoms with Gasteiger partial charge in [0.15, 0.2) is 0 Å². The van der Waals surface area contributed by atoms with E-state index in [1.807, 2.05) is 36.4 Å². The smallest absolute Gasteiger partial charge is 0.222 e. The van der Waals surface area contributed by atoms with Crippen molar-refractivity contribution >= 4 is 45.8 Å². The molecule has 200 valence electrons. The van der Waals surface area contributed by atoms with Crippen molar-refractivity contribution in [2.45, 2.75) is 50.7 Å². The zero-order chi connectivity index (χ0) is 26.2. The van der Waals surface area contributed by atoms with Gasteiger partial charge in [0.2, 0.25) is 5.91 Å². The van der Waals surface area contributed by atoms with E-state index >= 15 is 0 Å². The van der Waals surface area contributed by atoms with Gasteiger partial charge >= 0.3 is 0 Å². The first-order valence-corrected chi connectivity index (χ1v) is 14.5. The molecule has 3 aromatic rings. The number of fused-ring (bicyclic) bond motifs is 1. The summed E-state index contributed by atoms with van der Waals surface area (Å²) in [5.74, 6) is 1.35. The summed E-state index contributed by atoms with van der Waals surface area (Å²) in [7, 11) is 0. The fourth-order valence-electron chi connectivity index (χ4n) is 6.18. The standard InChI is InChI=1S/C30H34Cl2N4O2/c31-21-6-9-26-20(16-21)5-12-29(34-26)36-17-23(24(18-36)30(33)37)27(35-13-1-2-14-35)10-3-19-4-11-28(25(32)15-19)38-22-7-8-22/h4-6,9,11-12,15-16,22-24,27H,1-3,7-8,10,13-14,17-18H2,(H2,33,37)/t23?,24-,27?/m0/s1. The van der Waals surface area contributed by atoms with Gasteiger partial charge in [0.05, 0.1) is 22.6 Å². The van der Waals surface area contributed by atoms with E-state index < -0.39 is 0 Å². The molecule has 2 aromatic carbocycles. The van der Waals surface area contributed by atoms with Crippen LogP contribution >= 0.6 is 23.2 Å². The highest BCUT2D eigenvalue weighted by molar-refractivity contribution is 6.32. The molecule has 6 rings (SSSR count). The number of likely N-dealkylation sites (tertiary alicyclic amines) is 1. The number of nitrogens with zero attached hydrogens (tertiary/aromatic N) is 3. The molecule has 8 heteroatoms. The van der Waals surface area contributed by atoms with E-state index in [1.165, 1.54) is 18.4 Å². The van der Waals surface area contributed by atoms with E-state index in [-0.39, 0.29) is 23.8 Å². The van der Waals surface area contributed by atoms with Gasteiger partial charge in [0, 0.05) is 35.5 Å². The van der Waals surface area contributed by atoms with Crippen LogP contribution in [-0.4, -0.2) is 54.1 Å². The number of aryl methyl sites for hydroxylation is 1. The lowest BCUT2D eigenvalue weighted by atomic mass is 9.84. The number of amides is 1. The number of carbonyl (C=O) groups excluding carboxylic acids is 1. The number of nitrogens with two attached hydrogens (primary N) is 1. The minimum atomic E-state index is -0.223. The first-order valence-electron chi connectivity index (χ1n) is 13.7. The van der Waals surface area contributed by atoms with Gasteiger partial charge < -0.3 is 20.3 Å². The van der Waals surface area contributed by atoms with E-state index in [4.69, 9.17) is 38.7 Å². The Labute approximate surface area is 234 Å². The maximum Gasteiger partial charge on any atom is 0.222 e. The molecule has 38 heavy (non-hydrogen) atoms. The summed E-state index contributed by atoms with van der Waals surface area (Å²) in [5, 5.41) is 2.38. The van der Waals surface area contributed by atoms with E-state index in [0.29, 0.717) is 22.7 Å². The zero-order valence-corrected chi connectivity index (χ0v) is 23.0. The highest BCUT2D eigenvalue weighted by Crippen LogP contribution is 2.37. The first-order chi connectivity index (χ1) is 18.4. The summed E-state index contributed by atoms with van der Waals surface area (Å²) in [4.78, 5) is 22.4. The molecule has 2 aliphatic heterocycles. The molecule has 3 heterocycles. The normalized spacial score (nSPS) is 22.7. The van der Waals surface area contributed by atoms with E-state index in [9.17, 15) is 4.79 Å². The highest BCUT2D eigenvalue weighted by Gasteiger charge is 2.43. The van der Waals surface area contributed by atoms with Crippen molar-refractivity contribution in [3.8, 4) is 5.75 Å². The predicted octanol–water partition coefficient (Wildman–Crippen LogP) is 5.72. The second-order valence-corrected chi connectivity index (χ2v) is 11.9. The van der Waals surface area contributed by atoms with Crippen molar-refractivity contribution in [1.29, 1.82) is 0 Å². The highest BCUT2D eigenvalue weighted by atomic mass is 35.5. The van der Waals surface area contributed by atoms with Gasteiger partial charge in [-0.25, -0.2) is 4.98 Å². The van der Waals surface area contributed by atoms with Crippen LogP contribution in [0.5, 0.6) is 5.75 Å². The molecule has 3 fully saturated rings. The lowest BCUT2D eigenvalue weighted by molar-refractivity contribution is -0.123. The number of rotatable bonds is 9. The van der Waals surface area contributed by atoms with Crippen molar-refractivity contribution in [2.24, 2.45) is 17.6 Å². The van der Waals surface area contributed by atoms with E-state index in [0.717, 1.165) is 67.8 Å². The number of halogens is 2. The topological polar surface area (TPSA) is 71.7 Å². The lowest BCUT2D eigenvalue weighted by Crippen LogP contribution is -2.45. The summed E-state index contributed by atoms with van der Waals surface area (Å²) in [6.07, 6.45) is 6.77. The van der Waals surface area contributed by atoms with Gasteiger partial charge in [-0.2, -0.15) is 0 Å². The van der Waals surface area contributed by atoms with Crippen LogP contribution in [0.2, 0.25) is 10.0 Å². The van der Waals surface area contributed by atoms with Crippen molar-refractivity contribution in [1.82, 2.24) is 9.88 Å². The number of hydrogen-bond acceptors (Lipinski definition) is 5. The molecule has 1 saturated carbocycles. The molecule has 6 nitrogen and oxygen atoms in total. The number of carbonyl (C=O) groups is 1. The summed E-state index contributed by atoms with van der Waals surface area (Å²) in [6.45, 7) is 3.48.